The van der Waals surface area contributed by atoms with Crippen LogP contribution in [-0.4, -0.2) is 15.0 Å². The lowest BCUT2D eigenvalue weighted by molar-refractivity contribution is 0.628. The van der Waals surface area contributed by atoms with E-state index in [2.05, 4.69) is 25.6 Å². The Morgan fingerprint density at radius 3 is 2.55 bits per heavy atom. The SMILES string of the molecule is Fc1ccc(Nc2nccc(NCc3ccccn3)n2)cc1. The predicted octanol–water partition coefficient (Wildman–Crippen LogP) is 3.37. The summed E-state index contributed by atoms with van der Waals surface area (Å²) in [6.45, 7) is 0.577. The summed E-state index contributed by atoms with van der Waals surface area (Å²) in [5, 5.41) is 6.21. The van der Waals surface area contributed by atoms with E-state index >= 15 is 0 Å². The zero-order chi connectivity index (χ0) is 15.2. The van der Waals surface area contributed by atoms with Crippen LogP contribution in [0.1, 0.15) is 5.69 Å². The minimum Gasteiger partial charge on any atom is -0.364 e. The number of halogens is 1. The van der Waals surface area contributed by atoms with E-state index in [0.717, 1.165) is 11.4 Å². The van der Waals surface area contributed by atoms with Gasteiger partial charge in [0.2, 0.25) is 5.95 Å². The average molecular weight is 295 g/mol. The smallest absolute Gasteiger partial charge is 0.229 e. The van der Waals surface area contributed by atoms with Gasteiger partial charge in [-0.1, -0.05) is 6.07 Å². The summed E-state index contributed by atoms with van der Waals surface area (Å²) >= 11 is 0. The normalized spacial score (nSPS) is 10.2. The molecule has 0 unspecified atom stereocenters. The summed E-state index contributed by atoms with van der Waals surface area (Å²) in [4.78, 5) is 12.7. The van der Waals surface area contributed by atoms with Gasteiger partial charge in [0.1, 0.15) is 11.6 Å². The van der Waals surface area contributed by atoms with Crippen molar-refractivity contribution in [1.82, 2.24) is 15.0 Å². The van der Waals surface area contributed by atoms with Crippen molar-refractivity contribution in [3.8, 4) is 0 Å². The summed E-state index contributed by atoms with van der Waals surface area (Å²) in [5.41, 5.74) is 1.65. The molecular weight excluding hydrogens is 281 g/mol. The second-order valence-electron chi connectivity index (χ2n) is 4.57. The molecule has 6 heteroatoms. The van der Waals surface area contributed by atoms with Crippen LogP contribution >= 0.6 is 0 Å². The van der Waals surface area contributed by atoms with E-state index in [9.17, 15) is 4.39 Å². The van der Waals surface area contributed by atoms with Crippen molar-refractivity contribution in [3.63, 3.8) is 0 Å². The zero-order valence-corrected chi connectivity index (χ0v) is 11.7. The van der Waals surface area contributed by atoms with E-state index in [-0.39, 0.29) is 5.82 Å². The largest absolute Gasteiger partial charge is 0.364 e. The van der Waals surface area contributed by atoms with Crippen LogP contribution in [-0.2, 0) is 6.54 Å². The van der Waals surface area contributed by atoms with E-state index in [1.54, 1.807) is 30.6 Å². The summed E-state index contributed by atoms with van der Waals surface area (Å²) < 4.78 is 12.9. The first kappa shape index (κ1) is 13.9. The van der Waals surface area contributed by atoms with Crippen molar-refractivity contribution in [2.75, 3.05) is 10.6 Å². The van der Waals surface area contributed by atoms with Gasteiger partial charge >= 0.3 is 0 Å². The molecule has 0 bridgehead atoms. The lowest BCUT2D eigenvalue weighted by atomic mass is 10.3. The molecule has 0 aliphatic carbocycles. The first-order chi connectivity index (χ1) is 10.8. The standard InChI is InChI=1S/C16H14FN5/c17-12-4-6-13(7-5-12)21-16-19-10-8-15(22-16)20-11-14-3-1-2-9-18-14/h1-10H,11H2,(H2,19,20,21,22). The molecule has 3 aromatic rings. The molecule has 5 nitrogen and oxygen atoms in total. The molecular formula is C16H14FN5. The van der Waals surface area contributed by atoms with Gasteiger partial charge in [-0.25, -0.2) is 9.37 Å². The summed E-state index contributed by atoms with van der Waals surface area (Å²) in [7, 11) is 0. The number of nitrogens with one attached hydrogen (secondary N) is 2. The summed E-state index contributed by atoms with van der Waals surface area (Å²) in [6, 6.07) is 13.5. The van der Waals surface area contributed by atoms with Crippen molar-refractivity contribution >= 4 is 17.5 Å². The second kappa shape index (κ2) is 6.62. The van der Waals surface area contributed by atoms with E-state index in [1.165, 1.54) is 12.1 Å². The number of rotatable bonds is 5. The van der Waals surface area contributed by atoms with E-state index in [4.69, 9.17) is 0 Å². The fourth-order valence-corrected chi connectivity index (χ4v) is 1.86. The second-order valence-corrected chi connectivity index (χ2v) is 4.57. The molecule has 0 saturated carbocycles. The monoisotopic (exact) mass is 295 g/mol. The van der Waals surface area contributed by atoms with Crippen molar-refractivity contribution in [2.24, 2.45) is 0 Å². The molecule has 0 radical (unpaired) electrons. The average Bonchev–Trinajstić information content (AvgIpc) is 2.57. The highest BCUT2D eigenvalue weighted by molar-refractivity contribution is 5.54. The van der Waals surface area contributed by atoms with Crippen molar-refractivity contribution in [2.45, 2.75) is 6.54 Å². The third-order valence-corrected chi connectivity index (χ3v) is 2.93. The fraction of sp³-hybridized carbons (Fsp3) is 0.0625. The first-order valence-electron chi connectivity index (χ1n) is 6.79. The number of hydrogen-bond donors (Lipinski definition) is 2. The molecule has 0 aliphatic heterocycles. The molecule has 0 spiro atoms. The summed E-state index contributed by atoms with van der Waals surface area (Å²) in [6.07, 6.45) is 3.40. The Morgan fingerprint density at radius 1 is 0.909 bits per heavy atom. The summed E-state index contributed by atoms with van der Waals surface area (Å²) in [5.74, 6) is 0.847. The molecule has 0 amide bonds. The topological polar surface area (TPSA) is 62.7 Å². The van der Waals surface area contributed by atoms with Crippen LogP contribution < -0.4 is 10.6 Å². The molecule has 2 N–H and O–H groups in total. The molecule has 2 heterocycles. The van der Waals surface area contributed by atoms with Crippen molar-refractivity contribution in [1.29, 1.82) is 0 Å². The highest BCUT2D eigenvalue weighted by Gasteiger charge is 2.01. The third-order valence-electron chi connectivity index (χ3n) is 2.93. The lowest BCUT2D eigenvalue weighted by Crippen LogP contribution is -2.05. The van der Waals surface area contributed by atoms with Crippen LogP contribution in [0.5, 0.6) is 0 Å². The van der Waals surface area contributed by atoms with Gasteiger partial charge in [-0.15, -0.1) is 0 Å². The van der Waals surface area contributed by atoms with E-state index in [0.29, 0.717) is 18.3 Å². The molecule has 3 rings (SSSR count). The Labute approximate surface area is 127 Å². The van der Waals surface area contributed by atoms with Crippen LogP contribution in [0, 0.1) is 5.82 Å². The maximum atomic E-state index is 12.9. The number of aromatic nitrogens is 3. The lowest BCUT2D eigenvalue weighted by Gasteiger charge is -2.08. The van der Waals surface area contributed by atoms with Gasteiger partial charge in [-0.2, -0.15) is 4.98 Å². The van der Waals surface area contributed by atoms with Crippen LogP contribution in [0.15, 0.2) is 60.9 Å². The minimum atomic E-state index is -0.280. The molecule has 2 aromatic heterocycles. The van der Waals surface area contributed by atoms with Crippen LogP contribution in [0.25, 0.3) is 0 Å². The highest BCUT2D eigenvalue weighted by Crippen LogP contribution is 2.14. The van der Waals surface area contributed by atoms with E-state index < -0.39 is 0 Å². The quantitative estimate of drug-likeness (QED) is 0.755. The van der Waals surface area contributed by atoms with Crippen LogP contribution in [0.2, 0.25) is 0 Å². The van der Waals surface area contributed by atoms with Gasteiger partial charge in [-0.05, 0) is 42.5 Å². The Hall–Kier alpha value is -3.02. The van der Waals surface area contributed by atoms with Gasteiger partial charge in [0.05, 0.1) is 12.2 Å². The first-order valence-corrected chi connectivity index (χ1v) is 6.79. The van der Waals surface area contributed by atoms with Gasteiger partial charge in [0.15, 0.2) is 0 Å². The molecule has 22 heavy (non-hydrogen) atoms. The predicted molar refractivity (Wildman–Crippen MR) is 83.3 cm³/mol. The maximum Gasteiger partial charge on any atom is 0.229 e. The minimum absolute atomic E-state index is 0.280. The van der Waals surface area contributed by atoms with Gasteiger partial charge in [0, 0.05) is 18.1 Å². The van der Waals surface area contributed by atoms with Crippen molar-refractivity contribution < 1.29 is 4.39 Å². The molecule has 0 atom stereocenters. The van der Waals surface area contributed by atoms with Crippen LogP contribution in [0.4, 0.5) is 21.8 Å². The van der Waals surface area contributed by atoms with Gasteiger partial charge in [0.25, 0.3) is 0 Å². The van der Waals surface area contributed by atoms with Crippen molar-refractivity contribution in [3.05, 3.63) is 72.4 Å². The van der Waals surface area contributed by atoms with Gasteiger partial charge < -0.3 is 10.6 Å². The molecule has 0 saturated heterocycles. The third kappa shape index (κ3) is 3.76. The Morgan fingerprint density at radius 2 is 1.77 bits per heavy atom. The molecule has 1 aromatic carbocycles. The Kier molecular flexibility index (Phi) is 4.20. The highest BCUT2D eigenvalue weighted by atomic mass is 19.1. The molecule has 110 valence electrons. The van der Waals surface area contributed by atoms with Gasteiger partial charge in [-0.3, -0.25) is 4.98 Å². The Balaban J connectivity index is 1.66. The number of pyridine rings is 1. The number of nitrogens with zero attached hydrogens (tertiary/aromatic N) is 3. The molecule has 0 fully saturated rings. The van der Waals surface area contributed by atoms with E-state index in [1.807, 2.05) is 18.2 Å². The maximum absolute atomic E-state index is 12.9. The number of anilines is 3. The zero-order valence-electron chi connectivity index (χ0n) is 11.7. The Bertz CT molecular complexity index is 731. The number of benzene rings is 1. The van der Waals surface area contributed by atoms with Crippen LogP contribution in [0.3, 0.4) is 0 Å². The number of hydrogen-bond acceptors (Lipinski definition) is 5. The molecule has 0 aliphatic rings. The fourth-order valence-electron chi connectivity index (χ4n) is 1.86.